The quantitative estimate of drug-likeness (QED) is 0.143. The van der Waals surface area contributed by atoms with Crippen molar-refractivity contribution in [3.05, 3.63) is 95.0 Å². The van der Waals surface area contributed by atoms with Gasteiger partial charge in [-0.1, -0.05) is 58.4 Å². The molecule has 3 amide bonds. The predicted octanol–water partition coefficient (Wildman–Crippen LogP) is 4.45. The van der Waals surface area contributed by atoms with Gasteiger partial charge in [-0.3, -0.25) is 14.2 Å². The molecule has 3 heterocycles. The Morgan fingerprint density at radius 1 is 0.981 bits per heavy atom. The molecule has 0 saturated carbocycles. The number of nitrogens with zero attached hydrogens (tertiary/aromatic N) is 5. The molecule has 0 aliphatic carbocycles. The van der Waals surface area contributed by atoms with E-state index in [0.717, 1.165) is 11.2 Å². The number of hydrogen-bond acceptors (Lipinski definition) is 12. The van der Waals surface area contributed by atoms with E-state index >= 15 is 0 Å². The zero-order valence-electron chi connectivity index (χ0n) is 28.9. The van der Waals surface area contributed by atoms with Crippen molar-refractivity contribution in [2.45, 2.75) is 76.7 Å². The van der Waals surface area contributed by atoms with Crippen molar-refractivity contribution >= 4 is 56.8 Å². The highest BCUT2D eigenvalue weighted by atomic mass is 79.9. The summed E-state index contributed by atoms with van der Waals surface area (Å²) in [5.74, 6) is -2.00. The molecule has 0 bridgehead atoms. The number of anilines is 1. The standard InChI is InChI=1S/C36H39BrN6O9/c1-5-50-34(48)24(41-35(49)52-36(2,3)4)18-12-17-23(37)28-26(44)27(45)33(51-28)42-20-40-25-29(42)38-19-39-30(25)43(31(46)21-13-8-6-9-14-21)32(47)22-15-10-7-11-16-22/h6-11,13-17,19-20,24,26-28,33,44-45H,5,12,18H2,1-4H3,(H,41,49)/b23-17-/t24?,26-,27+,28+,33+/m0/s1. The average molecular weight is 780 g/mol. The summed E-state index contributed by atoms with van der Waals surface area (Å²) in [5, 5.41) is 24.7. The molecule has 1 aliphatic rings. The van der Waals surface area contributed by atoms with E-state index in [-0.39, 0.29) is 47.6 Å². The number of allylic oxidation sites excluding steroid dienone is 1. The van der Waals surface area contributed by atoms with Gasteiger partial charge in [-0.2, -0.15) is 0 Å². The molecular weight excluding hydrogens is 740 g/mol. The molecule has 52 heavy (non-hydrogen) atoms. The van der Waals surface area contributed by atoms with E-state index in [1.54, 1.807) is 94.4 Å². The van der Waals surface area contributed by atoms with E-state index in [1.165, 1.54) is 10.9 Å². The van der Waals surface area contributed by atoms with Crippen LogP contribution in [0.4, 0.5) is 10.6 Å². The van der Waals surface area contributed by atoms with Crippen LogP contribution in [0.25, 0.3) is 11.2 Å². The number of imide groups is 1. The molecule has 1 aliphatic heterocycles. The number of aromatic nitrogens is 4. The number of aliphatic hydroxyl groups is 2. The van der Waals surface area contributed by atoms with Crippen molar-refractivity contribution in [1.82, 2.24) is 24.8 Å². The number of ether oxygens (including phenoxy) is 3. The first kappa shape index (κ1) is 38.2. The fourth-order valence-corrected chi connectivity index (χ4v) is 6.06. The number of nitrogens with one attached hydrogen (secondary N) is 1. The molecule has 16 heteroatoms. The molecule has 5 atom stereocenters. The fraction of sp³-hybridized carbons (Fsp3) is 0.361. The minimum Gasteiger partial charge on any atom is -0.464 e. The van der Waals surface area contributed by atoms with E-state index in [0.29, 0.717) is 4.48 Å². The van der Waals surface area contributed by atoms with Gasteiger partial charge in [0.2, 0.25) is 0 Å². The van der Waals surface area contributed by atoms with Crippen molar-refractivity contribution in [2.24, 2.45) is 0 Å². The summed E-state index contributed by atoms with van der Waals surface area (Å²) in [4.78, 5) is 66.5. The number of imidazole rings is 1. The van der Waals surface area contributed by atoms with E-state index in [1.807, 2.05) is 0 Å². The molecule has 0 radical (unpaired) electrons. The van der Waals surface area contributed by atoms with Gasteiger partial charge in [0.05, 0.1) is 12.9 Å². The molecule has 15 nitrogen and oxygen atoms in total. The van der Waals surface area contributed by atoms with E-state index in [4.69, 9.17) is 14.2 Å². The molecule has 1 saturated heterocycles. The Kier molecular flexibility index (Phi) is 12.2. The summed E-state index contributed by atoms with van der Waals surface area (Å²) >= 11 is 3.43. The summed E-state index contributed by atoms with van der Waals surface area (Å²) in [5.41, 5.74) is -0.0958. The van der Waals surface area contributed by atoms with Crippen molar-refractivity contribution in [3.8, 4) is 0 Å². The van der Waals surface area contributed by atoms with Gasteiger partial charge in [-0.15, -0.1) is 0 Å². The van der Waals surface area contributed by atoms with Crippen LogP contribution in [-0.2, 0) is 19.0 Å². The second kappa shape index (κ2) is 16.5. The van der Waals surface area contributed by atoms with Crippen LogP contribution >= 0.6 is 15.9 Å². The Morgan fingerprint density at radius 3 is 2.17 bits per heavy atom. The lowest BCUT2D eigenvalue weighted by atomic mass is 10.1. The number of carbonyl (C=O) groups excluding carboxylic acids is 4. The third-order valence-electron chi connectivity index (χ3n) is 7.84. The van der Waals surface area contributed by atoms with Crippen molar-refractivity contribution in [2.75, 3.05) is 11.5 Å². The number of alkyl carbamates (subject to hydrolysis) is 1. The first-order chi connectivity index (χ1) is 24.8. The number of aliphatic hydroxyl groups excluding tert-OH is 2. The minimum absolute atomic E-state index is 0.0712. The second-order valence-corrected chi connectivity index (χ2v) is 13.7. The van der Waals surface area contributed by atoms with Gasteiger partial charge in [-0.25, -0.2) is 29.4 Å². The van der Waals surface area contributed by atoms with Crippen LogP contribution in [0.3, 0.4) is 0 Å². The molecule has 3 N–H and O–H groups in total. The average Bonchev–Trinajstić information content (AvgIpc) is 3.68. The summed E-state index contributed by atoms with van der Waals surface area (Å²) in [7, 11) is 0. The molecule has 1 unspecified atom stereocenters. The monoisotopic (exact) mass is 778 g/mol. The lowest BCUT2D eigenvalue weighted by Gasteiger charge is -2.22. The van der Waals surface area contributed by atoms with Crippen LogP contribution in [0.1, 0.15) is 67.5 Å². The van der Waals surface area contributed by atoms with Crippen LogP contribution in [-0.4, -0.2) is 90.2 Å². The first-order valence-electron chi connectivity index (χ1n) is 16.5. The largest absolute Gasteiger partial charge is 0.464 e. The Morgan fingerprint density at radius 2 is 1.60 bits per heavy atom. The number of hydrogen-bond donors (Lipinski definition) is 3. The van der Waals surface area contributed by atoms with E-state index in [2.05, 4.69) is 36.2 Å². The molecule has 1 fully saturated rings. The van der Waals surface area contributed by atoms with Crippen molar-refractivity contribution in [3.63, 3.8) is 0 Å². The lowest BCUT2D eigenvalue weighted by Crippen LogP contribution is -2.44. The fourth-order valence-electron chi connectivity index (χ4n) is 5.46. The Labute approximate surface area is 307 Å². The summed E-state index contributed by atoms with van der Waals surface area (Å²) in [6.07, 6.45) is -1.39. The maximum absolute atomic E-state index is 13.8. The highest BCUT2D eigenvalue weighted by molar-refractivity contribution is 9.11. The third-order valence-corrected chi connectivity index (χ3v) is 8.61. The minimum atomic E-state index is -1.46. The SMILES string of the molecule is CCOC(=O)C(CC/C=C(\Br)[C@H]1O[C@@H](n2cnc3c(N(C(=O)c4ccccc4)C(=O)c4ccccc4)ncnc32)[C@H](O)[C@@H]1O)NC(=O)OC(C)(C)C. The molecule has 0 spiro atoms. The molecule has 2 aromatic carbocycles. The Balaban J connectivity index is 1.38. The number of fused-ring (bicyclic) bond motifs is 1. The smallest absolute Gasteiger partial charge is 0.408 e. The molecule has 4 aromatic rings. The highest BCUT2D eigenvalue weighted by Crippen LogP contribution is 2.37. The van der Waals surface area contributed by atoms with Crippen molar-refractivity contribution in [1.29, 1.82) is 0 Å². The van der Waals surface area contributed by atoms with Gasteiger partial charge in [0, 0.05) is 15.6 Å². The van der Waals surface area contributed by atoms with Crippen molar-refractivity contribution < 1.29 is 43.6 Å². The molecule has 274 valence electrons. The normalized spacial score (nSPS) is 19.6. The first-order valence-corrected chi connectivity index (χ1v) is 17.3. The number of esters is 1. The second-order valence-electron chi connectivity index (χ2n) is 12.7. The van der Waals surface area contributed by atoms with Gasteiger partial charge >= 0.3 is 12.1 Å². The molecule has 5 rings (SSSR count). The summed E-state index contributed by atoms with van der Waals surface area (Å²) < 4.78 is 18.3. The van der Waals surface area contributed by atoms with E-state index < -0.39 is 60.1 Å². The summed E-state index contributed by atoms with van der Waals surface area (Å²) in [6, 6.07) is 15.5. The Bertz CT molecular complexity index is 1880. The lowest BCUT2D eigenvalue weighted by molar-refractivity contribution is -0.145. The maximum atomic E-state index is 13.8. The summed E-state index contributed by atoms with van der Waals surface area (Å²) in [6.45, 7) is 6.88. The van der Waals surface area contributed by atoms with Gasteiger partial charge < -0.3 is 29.7 Å². The van der Waals surface area contributed by atoms with Gasteiger partial charge in [0.1, 0.15) is 36.3 Å². The van der Waals surface area contributed by atoms with Gasteiger partial charge in [-0.05, 0) is 64.8 Å². The van der Waals surface area contributed by atoms with Crippen LogP contribution in [0, 0.1) is 0 Å². The number of halogens is 1. The number of amides is 3. The number of benzene rings is 2. The molecule has 2 aromatic heterocycles. The topological polar surface area (TPSA) is 195 Å². The number of rotatable bonds is 11. The maximum Gasteiger partial charge on any atom is 0.408 e. The van der Waals surface area contributed by atoms with Crippen LogP contribution in [0.5, 0.6) is 0 Å². The predicted molar refractivity (Wildman–Crippen MR) is 191 cm³/mol. The van der Waals surface area contributed by atoms with Gasteiger partial charge in [0.15, 0.2) is 23.2 Å². The van der Waals surface area contributed by atoms with Crippen LogP contribution in [0.2, 0.25) is 0 Å². The van der Waals surface area contributed by atoms with Crippen LogP contribution in [0.15, 0.2) is 83.9 Å². The molecular formula is C36H39BrN6O9. The third kappa shape index (κ3) is 8.70. The highest BCUT2D eigenvalue weighted by Gasteiger charge is 2.46. The van der Waals surface area contributed by atoms with E-state index in [9.17, 15) is 29.4 Å². The Hall–Kier alpha value is -5.03. The zero-order chi connectivity index (χ0) is 37.6. The van der Waals surface area contributed by atoms with Crippen LogP contribution < -0.4 is 10.2 Å². The van der Waals surface area contributed by atoms with Gasteiger partial charge in [0.25, 0.3) is 11.8 Å². The number of carbonyl (C=O) groups is 4. The zero-order valence-corrected chi connectivity index (χ0v) is 30.5.